The van der Waals surface area contributed by atoms with Crippen molar-refractivity contribution in [1.82, 2.24) is 0 Å². The second kappa shape index (κ2) is 5.53. The lowest BCUT2D eigenvalue weighted by Crippen LogP contribution is -2.09. The van der Waals surface area contributed by atoms with Crippen LogP contribution in [0.5, 0.6) is 17.2 Å². The van der Waals surface area contributed by atoms with Crippen molar-refractivity contribution in [3.8, 4) is 17.2 Å². The third-order valence-corrected chi connectivity index (χ3v) is 6.38. The van der Waals surface area contributed by atoms with Crippen LogP contribution < -0.4 is 14.2 Å². The van der Waals surface area contributed by atoms with E-state index in [4.69, 9.17) is 14.2 Å². The zero-order valence-electron chi connectivity index (χ0n) is 11.1. The van der Waals surface area contributed by atoms with Gasteiger partial charge in [0.15, 0.2) is 11.5 Å². The van der Waals surface area contributed by atoms with E-state index in [9.17, 15) is 0 Å². The van der Waals surface area contributed by atoms with Gasteiger partial charge in [0.25, 0.3) is 0 Å². The Morgan fingerprint density at radius 2 is 1.44 bits per heavy atom. The van der Waals surface area contributed by atoms with E-state index in [-0.39, 0.29) is 4.08 Å². The van der Waals surface area contributed by atoms with Crippen LogP contribution in [0.15, 0.2) is 12.1 Å². The molecule has 0 radical (unpaired) electrons. The highest BCUT2D eigenvalue weighted by Crippen LogP contribution is 2.54. The lowest BCUT2D eigenvalue weighted by atomic mass is 10.1. The van der Waals surface area contributed by atoms with Crippen LogP contribution in [0.25, 0.3) is 0 Å². The molecule has 0 aromatic heterocycles. The molecule has 0 amide bonds. The van der Waals surface area contributed by atoms with Gasteiger partial charge in [-0.3, -0.25) is 0 Å². The Hall–Kier alpha value is -0.680. The Bertz CT molecular complexity index is 403. The Balaban J connectivity index is 2.49. The summed E-state index contributed by atoms with van der Waals surface area (Å²) in [4.78, 5) is 0. The molecule has 0 spiro atoms. The summed E-state index contributed by atoms with van der Waals surface area (Å²) in [5.41, 5.74) is 1.21. The Morgan fingerprint density at radius 1 is 0.944 bits per heavy atom. The van der Waals surface area contributed by atoms with Gasteiger partial charge in [-0.25, -0.2) is 0 Å². The van der Waals surface area contributed by atoms with Crippen molar-refractivity contribution < 1.29 is 14.2 Å². The molecule has 5 heteroatoms. The Morgan fingerprint density at radius 3 is 1.83 bits per heavy atom. The summed E-state index contributed by atoms with van der Waals surface area (Å²) in [7, 11) is 4.93. The molecule has 0 saturated carbocycles. The molecule has 1 aliphatic heterocycles. The average Bonchev–Trinajstić information content (AvgIpc) is 2.85. The van der Waals surface area contributed by atoms with E-state index in [0.29, 0.717) is 5.75 Å². The fourth-order valence-electron chi connectivity index (χ4n) is 2.02. The molecule has 100 valence electrons. The highest BCUT2D eigenvalue weighted by atomic mass is 32.2. The number of thioether (sulfide) groups is 2. The van der Waals surface area contributed by atoms with Gasteiger partial charge in [0, 0.05) is 11.5 Å². The summed E-state index contributed by atoms with van der Waals surface area (Å²) in [5, 5.41) is 0. The summed E-state index contributed by atoms with van der Waals surface area (Å²) in [6.07, 6.45) is 0. The average molecular weight is 286 g/mol. The summed E-state index contributed by atoms with van der Waals surface area (Å²) in [6, 6.07) is 4.10. The van der Waals surface area contributed by atoms with Crippen molar-refractivity contribution in [3.05, 3.63) is 17.7 Å². The normalized spacial score (nSPS) is 17.6. The van der Waals surface area contributed by atoms with Crippen LogP contribution in [-0.4, -0.2) is 32.8 Å². The molecule has 1 heterocycles. The topological polar surface area (TPSA) is 27.7 Å². The second-order valence-corrected chi connectivity index (χ2v) is 7.34. The first-order valence-corrected chi connectivity index (χ1v) is 7.70. The van der Waals surface area contributed by atoms with Crippen molar-refractivity contribution in [2.45, 2.75) is 11.0 Å². The minimum atomic E-state index is 0.0762. The maximum atomic E-state index is 5.40. The van der Waals surface area contributed by atoms with E-state index >= 15 is 0 Å². The maximum Gasteiger partial charge on any atom is 0.203 e. The SMILES string of the molecule is COc1cc(C2(C)SCCS2)cc(OC)c1OC. The van der Waals surface area contributed by atoms with Crippen molar-refractivity contribution in [1.29, 1.82) is 0 Å². The third kappa shape index (κ3) is 2.38. The summed E-state index contributed by atoms with van der Waals surface area (Å²) < 4.78 is 16.2. The highest BCUT2D eigenvalue weighted by Gasteiger charge is 2.34. The smallest absolute Gasteiger partial charge is 0.203 e. The molecular weight excluding hydrogens is 268 g/mol. The van der Waals surface area contributed by atoms with E-state index < -0.39 is 0 Å². The maximum absolute atomic E-state index is 5.40. The minimum Gasteiger partial charge on any atom is -0.493 e. The van der Waals surface area contributed by atoms with Crippen molar-refractivity contribution in [2.24, 2.45) is 0 Å². The van der Waals surface area contributed by atoms with Gasteiger partial charge >= 0.3 is 0 Å². The predicted octanol–water partition coefficient (Wildman–Crippen LogP) is 3.37. The zero-order valence-corrected chi connectivity index (χ0v) is 12.7. The van der Waals surface area contributed by atoms with Crippen LogP contribution in [-0.2, 0) is 4.08 Å². The monoisotopic (exact) mass is 286 g/mol. The van der Waals surface area contributed by atoms with Crippen LogP contribution in [0, 0.1) is 0 Å². The number of methoxy groups -OCH3 is 3. The fourth-order valence-corrected chi connectivity index (χ4v) is 4.87. The molecule has 2 rings (SSSR count). The summed E-state index contributed by atoms with van der Waals surface area (Å²) in [5.74, 6) is 4.46. The van der Waals surface area contributed by atoms with E-state index in [1.165, 1.54) is 17.1 Å². The molecule has 0 atom stereocenters. The first kappa shape index (κ1) is 13.7. The molecule has 0 bridgehead atoms. The quantitative estimate of drug-likeness (QED) is 0.846. The molecule has 1 fully saturated rings. The van der Waals surface area contributed by atoms with Crippen molar-refractivity contribution >= 4 is 23.5 Å². The predicted molar refractivity (Wildman–Crippen MR) is 78.4 cm³/mol. The van der Waals surface area contributed by atoms with Crippen LogP contribution in [0.3, 0.4) is 0 Å². The molecule has 1 aliphatic rings. The van der Waals surface area contributed by atoms with Crippen LogP contribution in [0.1, 0.15) is 12.5 Å². The summed E-state index contributed by atoms with van der Waals surface area (Å²) >= 11 is 3.92. The van der Waals surface area contributed by atoms with Gasteiger partial charge in [-0.1, -0.05) is 0 Å². The molecule has 0 unspecified atom stereocenters. The van der Waals surface area contributed by atoms with Crippen LogP contribution in [0.2, 0.25) is 0 Å². The Labute approximate surface area is 117 Å². The van der Waals surface area contributed by atoms with Gasteiger partial charge in [-0.05, 0) is 24.6 Å². The molecule has 1 aromatic rings. The molecule has 0 N–H and O–H groups in total. The first-order chi connectivity index (χ1) is 8.64. The number of rotatable bonds is 4. The van der Waals surface area contributed by atoms with E-state index in [1.807, 2.05) is 35.7 Å². The largest absolute Gasteiger partial charge is 0.493 e. The molecule has 1 saturated heterocycles. The number of benzene rings is 1. The molecule has 0 aliphatic carbocycles. The van der Waals surface area contributed by atoms with Crippen molar-refractivity contribution in [3.63, 3.8) is 0 Å². The first-order valence-electron chi connectivity index (χ1n) is 5.73. The highest BCUT2D eigenvalue weighted by molar-refractivity contribution is 8.20. The van der Waals surface area contributed by atoms with E-state index in [0.717, 1.165) is 11.5 Å². The van der Waals surface area contributed by atoms with Crippen LogP contribution >= 0.6 is 23.5 Å². The van der Waals surface area contributed by atoms with Gasteiger partial charge in [0.1, 0.15) is 0 Å². The zero-order chi connectivity index (χ0) is 13.2. The van der Waals surface area contributed by atoms with Gasteiger partial charge in [-0.2, -0.15) is 0 Å². The van der Waals surface area contributed by atoms with Gasteiger partial charge in [-0.15, -0.1) is 23.5 Å². The standard InChI is InChI=1S/C13H18O3S2/c1-13(17-5-6-18-13)9-7-10(14-2)12(16-4)11(8-9)15-3/h7-8H,5-6H2,1-4H3. The lowest BCUT2D eigenvalue weighted by Gasteiger charge is -2.24. The van der Waals surface area contributed by atoms with Gasteiger partial charge in [0.2, 0.25) is 5.75 Å². The summed E-state index contributed by atoms with van der Waals surface area (Å²) in [6.45, 7) is 2.25. The van der Waals surface area contributed by atoms with Crippen LogP contribution in [0.4, 0.5) is 0 Å². The lowest BCUT2D eigenvalue weighted by molar-refractivity contribution is 0.323. The Kier molecular flexibility index (Phi) is 4.22. The molecular formula is C13H18O3S2. The fraction of sp³-hybridized carbons (Fsp3) is 0.538. The number of hydrogen-bond donors (Lipinski definition) is 0. The van der Waals surface area contributed by atoms with Gasteiger partial charge < -0.3 is 14.2 Å². The minimum absolute atomic E-state index is 0.0762. The number of ether oxygens (including phenoxy) is 3. The van der Waals surface area contributed by atoms with E-state index in [1.54, 1.807) is 21.3 Å². The second-order valence-electron chi connectivity index (χ2n) is 4.06. The molecule has 1 aromatic carbocycles. The number of hydrogen-bond acceptors (Lipinski definition) is 5. The molecule has 3 nitrogen and oxygen atoms in total. The molecule has 18 heavy (non-hydrogen) atoms. The van der Waals surface area contributed by atoms with E-state index in [2.05, 4.69) is 6.92 Å². The van der Waals surface area contributed by atoms with Crippen molar-refractivity contribution in [2.75, 3.05) is 32.8 Å². The van der Waals surface area contributed by atoms with Gasteiger partial charge in [0.05, 0.1) is 25.4 Å². The third-order valence-electron chi connectivity index (χ3n) is 3.03.